The number of rotatable bonds is 5. The number of ether oxygens (including phenoxy) is 1. The summed E-state index contributed by atoms with van der Waals surface area (Å²) < 4.78 is 5.63. The van der Waals surface area contributed by atoms with Crippen LogP contribution in [-0.4, -0.2) is 16.1 Å². The lowest BCUT2D eigenvalue weighted by Gasteiger charge is -2.08. The van der Waals surface area contributed by atoms with Crippen LogP contribution < -0.4 is 4.74 Å². The highest BCUT2D eigenvalue weighted by molar-refractivity contribution is 7.11. The van der Waals surface area contributed by atoms with E-state index in [1.54, 1.807) is 5.38 Å². The average Bonchev–Trinajstić information content (AvgIpc) is 2.85. The molecule has 0 radical (unpaired) electrons. The molecule has 5 heteroatoms. The fourth-order valence-electron chi connectivity index (χ4n) is 1.59. The molecule has 0 spiro atoms. The van der Waals surface area contributed by atoms with Crippen LogP contribution in [-0.2, 0) is 6.61 Å². The summed E-state index contributed by atoms with van der Waals surface area (Å²) in [6.45, 7) is 4.53. The SMILES string of the molecule is CC(C)c1cccc(OCc2csc(C(=O)O)n2)c1. The predicted molar refractivity (Wildman–Crippen MR) is 73.9 cm³/mol. The topological polar surface area (TPSA) is 59.4 Å². The van der Waals surface area contributed by atoms with Gasteiger partial charge < -0.3 is 9.84 Å². The number of carboxylic acid groups (broad SMARTS) is 1. The smallest absolute Gasteiger partial charge is 0.365 e. The Bertz CT molecular complexity index is 578. The molecule has 0 unspecified atom stereocenters. The maximum absolute atomic E-state index is 10.7. The number of hydrogen-bond acceptors (Lipinski definition) is 4. The Morgan fingerprint density at radius 3 is 2.89 bits per heavy atom. The van der Waals surface area contributed by atoms with Gasteiger partial charge >= 0.3 is 5.97 Å². The standard InChI is InChI=1S/C14H15NO3S/c1-9(2)10-4-3-5-12(6-10)18-7-11-8-19-13(15-11)14(16)17/h3-6,8-9H,7H2,1-2H3,(H,16,17). The molecule has 0 saturated carbocycles. The molecule has 0 aliphatic rings. The molecule has 0 atom stereocenters. The quantitative estimate of drug-likeness (QED) is 0.908. The van der Waals surface area contributed by atoms with Crippen molar-refractivity contribution in [2.75, 3.05) is 0 Å². The molecule has 19 heavy (non-hydrogen) atoms. The van der Waals surface area contributed by atoms with Crippen molar-refractivity contribution in [1.82, 2.24) is 4.98 Å². The number of hydrogen-bond donors (Lipinski definition) is 1. The third-order valence-electron chi connectivity index (χ3n) is 2.65. The number of benzene rings is 1. The molecule has 1 aromatic heterocycles. The van der Waals surface area contributed by atoms with Crippen LogP contribution in [0.1, 0.15) is 40.8 Å². The van der Waals surface area contributed by atoms with E-state index in [1.165, 1.54) is 5.56 Å². The molecule has 0 aliphatic carbocycles. The second kappa shape index (κ2) is 5.84. The van der Waals surface area contributed by atoms with Crippen LogP contribution >= 0.6 is 11.3 Å². The molecule has 100 valence electrons. The number of carbonyl (C=O) groups is 1. The van der Waals surface area contributed by atoms with E-state index in [1.807, 2.05) is 18.2 Å². The molecule has 4 nitrogen and oxygen atoms in total. The molecule has 0 bridgehead atoms. The first-order valence-corrected chi connectivity index (χ1v) is 6.84. The van der Waals surface area contributed by atoms with Gasteiger partial charge in [0.05, 0.1) is 5.69 Å². The maximum atomic E-state index is 10.7. The molecular formula is C14H15NO3S. The molecule has 1 N–H and O–H groups in total. The van der Waals surface area contributed by atoms with Gasteiger partial charge in [0, 0.05) is 5.38 Å². The normalized spacial score (nSPS) is 10.7. The Labute approximate surface area is 115 Å². The van der Waals surface area contributed by atoms with Crippen LogP contribution in [0.4, 0.5) is 0 Å². The van der Waals surface area contributed by atoms with Crippen molar-refractivity contribution >= 4 is 17.3 Å². The maximum Gasteiger partial charge on any atom is 0.365 e. The van der Waals surface area contributed by atoms with E-state index in [9.17, 15) is 4.79 Å². The first kappa shape index (κ1) is 13.5. The second-order valence-corrected chi connectivity index (χ2v) is 5.32. The predicted octanol–water partition coefficient (Wildman–Crippen LogP) is 3.54. The lowest BCUT2D eigenvalue weighted by Crippen LogP contribution is -1.99. The van der Waals surface area contributed by atoms with E-state index in [0.717, 1.165) is 17.1 Å². The summed E-state index contributed by atoms with van der Waals surface area (Å²) in [4.78, 5) is 14.7. The molecule has 0 saturated heterocycles. The first-order valence-electron chi connectivity index (χ1n) is 5.96. The van der Waals surface area contributed by atoms with E-state index in [2.05, 4.69) is 24.9 Å². The molecule has 2 rings (SSSR count). The zero-order valence-electron chi connectivity index (χ0n) is 10.8. The van der Waals surface area contributed by atoms with Crippen molar-refractivity contribution in [2.45, 2.75) is 26.4 Å². The summed E-state index contributed by atoms with van der Waals surface area (Å²) in [5.74, 6) is 0.218. The lowest BCUT2D eigenvalue weighted by atomic mass is 10.0. The van der Waals surface area contributed by atoms with Gasteiger partial charge in [-0.05, 0) is 23.6 Å². The molecule has 0 fully saturated rings. The zero-order valence-corrected chi connectivity index (χ0v) is 11.6. The van der Waals surface area contributed by atoms with Crippen LogP contribution in [0.2, 0.25) is 0 Å². The fourth-order valence-corrected chi connectivity index (χ4v) is 2.23. The Balaban J connectivity index is 2.01. The van der Waals surface area contributed by atoms with Crippen LogP contribution in [0.5, 0.6) is 5.75 Å². The van der Waals surface area contributed by atoms with Gasteiger partial charge in [-0.15, -0.1) is 11.3 Å². The average molecular weight is 277 g/mol. The van der Waals surface area contributed by atoms with Crippen LogP contribution in [0.3, 0.4) is 0 Å². The van der Waals surface area contributed by atoms with E-state index in [0.29, 0.717) is 11.6 Å². The van der Waals surface area contributed by atoms with Crippen molar-refractivity contribution in [2.24, 2.45) is 0 Å². The van der Waals surface area contributed by atoms with E-state index >= 15 is 0 Å². The summed E-state index contributed by atoms with van der Waals surface area (Å²) in [5, 5.41) is 10.6. The fraction of sp³-hybridized carbons (Fsp3) is 0.286. The van der Waals surface area contributed by atoms with Gasteiger partial charge in [0.1, 0.15) is 12.4 Å². The largest absolute Gasteiger partial charge is 0.487 e. The zero-order chi connectivity index (χ0) is 13.8. The van der Waals surface area contributed by atoms with E-state index in [4.69, 9.17) is 9.84 Å². The molecule has 1 aromatic carbocycles. The number of nitrogens with zero attached hydrogens (tertiary/aromatic N) is 1. The highest BCUT2D eigenvalue weighted by atomic mass is 32.1. The van der Waals surface area contributed by atoms with Gasteiger partial charge in [0.25, 0.3) is 0 Å². The van der Waals surface area contributed by atoms with Crippen molar-refractivity contribution in [1.29, 1.82) is 0 Å². The Morgan fingerprint density at radius 2 is 2.26 bits per heavy atom. The Hall–Kier alpha value is -1.88. The van der Waals surface area contributed by atoms with Crippen molar-refractivity contribution in [3.63, 3.8) is 0 Å². The van der Waals surface area contributed by atoms with Gasteiger partial charge in [0.2, 0.25) is 5.01 Å². The molecule has 1 heterocycles. The molecule has 2 aromatic rings. The van der Waals surface area contributed by atoms with E-state index < -0.39 is 5.97 Å². The Kier molecular flexibility index (Phi) is 4.16. The number of aromatic nitrogens is 1. The third-order valence-corrected chi connectivity index (χ3v) is 3.53. The van der Waals surface area contributed by atoms with Gasteiger partial charge in [-0.2, -0.15) is 0 Å². The second-order valence-electron chi connectivity index (χ2n) is 4.47. The van der Waals surface area contributed by atoms with Crippen LogP contribution in [0.15, 0.2) is 29.6 Å². The van der Waals surface area contributed by atoms with Gasteiger partial charge in [-0.3, -0.25) is 0 Å². The van der Waals surface area contributed by atoms with Gasteiger partial charge in [-0.1, -0.05) is 26.0 Å². The first-order chi connectivity index (χ1) is 9.06. The number of carboxylic acids is 1. The molecule has 0 aliphatic heterocycles. The molecular weight excluding hydrogens is 262 g/mol. The minimum absolute atomic E-state index is 0.0922. The summed E-state index contributed by atoms with van der Waals surface area (Å²) in [5.41, 5.74) is 1.85. The minimum atomic E-state index is -1.00. The van der Waals surface area contributed by atoms with Crippen molar-refractivity contribution < 1.29 is 14.6 Å². The summed E-state index contributed by atoms with van der Waals surface area (Å²) >= 11 is 1.11. The van der Waals surface area contributed by atoms with Crippen LogP contribution in [0.25, 0.3) is 0 Å². The summed E-state index contributed by atoms with van der Waals surface area (Å²) in [6.07, 6.45) is 0. The van der Waals surface area contributed by atoms with Crippen LogP contribution in [0, 0.1) is 0 Å². The van der Waals surface area contributed by atoms with E-state index in [-0.39, 0.29) is 11.6 Å². The summed E-state index contributed by atoms with van der Waals surface area (Å²) in [6, 6.07) is 7.89. The minimum Gasteiger partial charge on any atom is -0.487 e. The van der Waals surface area contributed by atoms with Crippen molar-refractivity contribution in [3.8, 4) is 5.75 Å². The van der Waals surface area contributed by atoms with Gasteiger partial charge in [-0.25, -0.2) is 9.78 Å². The van der Waals surface area contributed by atoms with Gasteiger partial charge in [0.15, 0.2) is 0 Å². The lowest BCUT2D eigenvalue weighted by molar-refractivity contribution is 0.0696. The summed E-state index contributed by atoms with van der Waals surface area (Å²) in [7, 11) is 0. The number of aromatic carboxylic acids is 1. The number of thiazole rings is 1. The molecule has 0 amide bonds. The van der Waals surface area contributed by atoms with Crippen molar-refractivity contribution in [3.05, 3.63) is 45.9 Å². The Morgan fingerprint density at radius 1 is 1.47 bits per heavy atom. The third kappa shape index (κ3) is 3.54. The highest BCUT2D eigenvalue weighted by Gasteiger charge is 2.09. The monoisotopic (exact) mass is 277 g/mol. The highest BCUT2D eigenvalue weighted by Crippen LogP contribution is 2.21.